The van der Waals surface area contributed by atoms with Crippen LogP contribution in [0.3, 0.4) is 0 Å². The molecule has 3 rings (SSSR count). The SMILES string of the molecule is CCCNc1nc(SC(C)C)nc2c1cnn2CCNC(=O)c1ccccc1OC. The summed E-state index contributed by atoms with van der Waals surface area (Å²) < 4.78 is 7.07. The first kappa shape index (κ1) is 21.9. The van der Waals surface area contributed by atoms with E-state index in [2.05, 4.69) is 41.5 Å². The van der Waals surface area contributed by atoms with Crippen LogP contribution in [0.25, 0.3) is 11.0 Å². The van der Waals surface area contributed by atoms with Gasteiger partial charge in [0.1, 0.15) is 11.6 Å². The van der Waals surface area contributed by atoms with E-state index in [1.54, 1.807) is 41.9 Å². The number of hydrogen-bond acceptors (Lipinski definition) is 7. The highest BCUT2D eigenvalue weighted by Gasteiger charge is 2.15. The van der Waals surface area contributed by atoms with Gasteiger partial charge in [-0.3, -0.25) is 4.79 Å². The summed E-state index contributed by atoms with van der Waals surface area (Å²) >= 11 is 1.62. The summed E-state index contributed by atoms with van der Waals surface area (Å²) in [6, 6.07) is 7.16. The number of methoxy groups -OCH3 is 1. The number of rotatable bonds is 10. The van der Waals surface area contributed by atoms with Gasteiger partial charge in [-0.05, 0) is 18.6 Å². The van der Waals surface area contributed by atoms with Gasteiger partial charge in [0.2, 0.25) is 0 Å². The van der Waals surface area contributed by atoms with E-state index in [0.29, 0.717) is 29.7 Å². The lowest BCUT2D eigenvalue weighted by Crippen LogP contribution is -2.28. The van der Waals surface area contributed by atoms with Crippen LogP contribution in [0.1, 0.15) is 37.6 Å². The van der Waals surface area contributed by atoms with Crippen LogP contribution in [-0.4, -0.2) is 51.1 Å². The van der Waals surface area contributed by atoms with E-state index in [4.69, 9.17) is 9.72 Å². The minimum atomic E-state index is -0.181. The molecule has 0 bridgehead atoms. The zero-order chi connectivity index (χ0) is 21.5. The van der Waals surface area contributed by atoms with Gasteiger partial charge in [-0.1, -0.05) is 44.7 Å². The van der Waals surface area contributed by atoms with Gasteiger partial charge in [0, 0.05) is 18.3 Å². The van der Waals surface area contributed by atoms with E-state index >= 15 is 0 Å². The fraction of sp³-hybridized carbons (Fsp3) is 0.429. The number of hydrogen-bond donors (Lipinski definition) is 2. The highest BCUT2D eigenvalue weighted by atomic mass is 32.2. The molecule has 0 radical (unpaired) electrons. The molecule has 2 N–H and O–H groups in total. The Kier molecular flexibility index (Phi) is 7.51. The predicted octanol–water partition coefficient (Wildman–Crippen LogP) is 3.59. The first-order valence-electron chi connectivity index (χ1n) is 10.1. The fourth-order valence-corrected chi connectivity index (χ4v) is 3.65. The Hall–Kier alpha value is -2.81. The Labute approximate surface area is 180 Å². The second-order valence-electron chi connectivity index (χ2n) is 7.01. The van der Waals surface area contributed by atoms with Crippen molar-refractivity contribution in [2.24, 2.45) is 0 Å². The monoisotopic (exact) mass is 428 g/mol. The minimum absolute atomic E-state index is 0.181. The van der Waals surface area contributed by atoms with E-state index in [1.165, 1.54) is 0 Å². The van der Waals surface area contributed by atoms with Crippen molar-refractivity contribution < 1.29 is 9.53 Å². The number of ether oxygens (including phenoxy) is 1. The fourth-order valence-electron chi connectivity index (χ4n) is 2.94. The predicted molar refractivity (Wildman–Crippen MR) is 120 cm³/mol. The summed E-state index contributed by atoms with van der Waals surface area (Å²) in [5.74, 6) is 1.17. The molecule has 0 fully saturated rings. The van der Waals surface area contributed by atoms with E-state index in [0.717, 1.165) is 35.0 Å². The van der Waals surface area contributed by atoms with Crippen LogP contribution in [0.2, 0.25) is 0 Å². The molecule has 3 aromatic rings. The third-order valence-electron chi connectivity index (χ3n) is 4.32. The smallest absolute Gasteiger partial charge is 0.255 e. The average Bonchev–Trinajstić information content (AvgIpc) is 3.14. The average molecular weight is 429 g/mol. The van der Waals surface area contributed by atoms with Crippen LogP contribution in [0.4, 0.5) is 5.82 Å². The molecule has 0 atom stereocenters. The standard InChI is InChI=1S/C21H28N6O2S/c1-5-10-22-18-16-13-24-27(19(16)26-21(25-18)30-14(2)3)12-11-23-20(28)15-8-6-7-9-17(15)29-4/h6-9,13-14H,5,10-12H2,1-4H3,(H,23,28)(H,22,25,26). The number of aromatic nitrogens is 4. The summed E-state index contributed by atoms with van der Waals surface area (Å²) in [7, 11) is 1.55. The molecule has 160 valence electrons. The van der Waals surface area contributed by atoms with Gasteiger partial charge in [-0.25, -0.2) is 14.6 Å². The third-order valence-corrected chi connectivity index (χ3v) is 5.18. The molecule has 0 aliphatic carbocycles. The number of benzene rings is 1. The van der Waals surface area contributed by atoms with Gasteiger partial charge in [0.05, 0.1) is 30.8 Å². The Morgan fingerprint density at radius 1 is 1.23 bits per heavy atom. The molecule has 1 aromatic carbocycles. The Morgan fingerprint density at radius 3 is 2.77 bits per heavy atom. The second kappa shape index (κ2) is 10.3. The Bertz CT molecular complexity index is 1000. The number of thioether (sulfide) groups is 1. The summed E-state index contributed by atoms with van der Waals surface area (Å²) in [4.78, 5) is 21.9. The van der Waals surface area contributed by atoms with E-state index in [9.17, 15) is 4.79 Å². The van der Waals surface area contributed by atoms with Crippen LogP contribution >= 0.6 is 11.8 Å². The molecule has 0 aliphatic heterocycles. The zero-order valence-electron chi connectivity index (χ0n) is 17.8. The van der Waals surface area contributed by atoms with Crippen molar-refractivity contribution in [3.63, 3.8) is 0 Å². The lowest BCUT2D eigenvalue weighted by atomic mass is 10.2. The molecule has 1 amide bonds. The molecule has 2 aromatic heterocycles. The van der Waals surface area contributed by atoms with E-state index in [-0.39, 0.29) is 5.91 Å². The number of fused-ring (bicyclic) bond motifs is 1. The summed E-state index contributed by atoms with van der Waals surface area (Å²) in [6.45, 7) is 8.09. The Balaban J connectivity index is 1.76. The normalized spacial score (nSPS) is 11.1. The zero-order valence-corrected chi connectivity index (χ0v) is 18.6. The number of anilines is 1. The molecule has 2 heterocycles. The van der Waals surface area contributed by atoms with Crippen molar-refractivity contribution in [2.75, 3.05) is 25.5 Å². The quantitative estimate of drug-likeness (QED) is 0.376. The maximum Gasteiger partial charge on any atom is 0.255 e. The molecule has 9 heteroatoms. The first-order chi connectivity index (χ1) is 14.5. The second-order valence-corrected chi connectivity index (χ2v) is 8.55. The van der Waals surface area contributed by atoms with Crippen LogP contribution in [0, 0.1) is 0 Å². The molecular weight excluding hydrogens is 400 g/mol. The highest BCUT2D eigenvalue weighted by molar-refractivity contribution is 7.99. The maximum absolute atomic E-state index is 12.5. The van der Waals surface area contributed by atoms with Gasteiger partial charge in [-0.15, -0.1) is 0 Å². The van der Waals surface area contributed by atoms with Gasteiger partial charge in [0.15, 0.2) is 10.8 Å². The van der Waals surface area contributed by atoms with Crippen molar-refractivity contribution in [2.45, 2.75) is 44.1 Å². The van der Waals surface area contributed by atoms with Crippen LogP contribution in [-0.2, 0) is 6.54 Å². The molecule has 30 heavy (non-hydrogen) atoms. The van der Waals surface area contributed by atoms with Gasteiger partial charge < -0.3 is 15.4 Å². The van der Waals surface area contributed by atoms with E-state index < -0.39 is 0 Å². The van der Waals surface area contributed by atoms with Gasteiger partial charge in [-0.2, -0.15) is 5.10 Å². The molecule has 0 aliphatic rings. The molecule has 0 saturated carbocycles. The summed E-state index contributed by atoms with van der Waals surface area (Å²) in [6.07, 6.45) is 2.78. The number of carbonyl (C=O) groups is 1. The highest BCUT2D eigenvalue weighted by Crippen LogP contribution is 2.26. The Morgan fingerprint density at radius 2 is 2.03 bits per heavy atom. The summed E-state index contributed by atoms with van der Waals surface area (Å²) in [5, 5.41) is 12.7. The minimum Gasteiger partial charge on any atom is -0.496 e. The van der Waals surface area contributed by atoms with Crippen LogP contribution in [0.15, 0.2) is 35.6 Å². The number of nitrogens with one attached hydrogen (secondary N) is 2. The molecule has 0 spiro atoms. The van der Waals surface area contributed by atoms with Crippen molar-refractivity contribution in [1.29, 1.82) is 0 Å². The number of para-hydroxylation sites is 1. The maximum atomic E-state index is 12.5. The summed E-state index contributed by atoms with van der Waals surface area (Å²) in [5.41, 5.74) is 1.27. The lowest BCUT2D eigenvalue weighted by molar-refractivity contribution is 0.0949. The van der Waals surface area contributed by atoms with Gasteiger partial charge in [0.25, 0.3) is 5.91 Å². The van der Waals surface area contributed by atoms with E-state index in [1.807, 2.05) is 12.1 Å². The first-order valence-corrected chi connectivity index (χ1v) is 11.0. The van der Waals surface area contributed by atoms with Crippen LogP contribution < -0.4 is 15.4 Å². The number of carbonyl (C=O) groups excluding carboxylic acids is 1. The van der Waals surface area contributed by atoms with Gasteiger partial charge >= 0.3 is 0 Å². The van der Waals surface area contributed by atoms with Crippen molar-refractivity contribution >= 4 is 34.5 Å². The number of amides is 1. The third kappa shape index (κ3) is 5.21. The lowest BCUT2D eigenvalue weighted by Gasteiger charge is -2.11. The van der Waals surface area contributed by atoms with Crippen LogP contribution in [0.5, 0.6) is 5.75 Å². The van der Waals surface area contributed by atoms with Crippen molar-refractivity contribution in [3.8, 4) is 5.75 Å². The number of nitrogens with zero attached hydrogens (tertiary/aromatic N) is 4. The largest absolute Gasteiger partial charge is 0.496 e. The molecular formula is C21H28N6O2S. The van der Waals surface area contributed by atoms with Crippen molar-refractivity contribution in [1.82, 2.24) is 25.1 Å². The molecule has 0 saturated heterocycles. The molecule has 8 nitrogen and oxygen atoms in total. The topological polar surface area (TPSA) is 94.0 Å². The van der Waals surface area contributed by atoms with Crippen molar-refractivity contribution in [3.05, 3.63) is 36.0 Å². The molecule has 0 unspecified atom stereocenters.